The maximum atomic E-state index is 12.3. The first-order chi connectivity index (χ1) is 15.1. The number of nitrogens with one attached hydrogen (secondary N) is 2. The Hall–Kier alpha value is -2.93. The predicted molar refractivity (Wildman–Crippen MR) is 127 cm³/mol. The highest BCUT2D eigenvalue weighted by Gasteiger charge is 2.22. The van der Waals surface area contributed by atoms with E-state index in [0.29, 0.717) is 12.5 Å². The summed E-state index contributed by atoms with van der Waals surface area (Å²) in [7, 11) is 0. The number of carbonyl (C=O) groups excluding carboxylic acids is 1. The number of benzene rings is 2. The van der Waals surface area contributed by atoms with Gasteiger partial charge in [-0.2, -0.15) is 4.37 Å². The molecular weight excluding hydrogens is 406 g/mol. The van der Waals surface area contributed by atoms with E-state index in [1.54, 1.807) is 0 Å². The second kappa shape index (κ2) is 9.92. The van der Waals surface area contributed by atoms with Crippen LogP contribution in [0.3, 0.4) is 0 Å². The van der Waals surface area contributed by atoms with Gasteiger partial charge in [0.1, 0.15) is 5.82 Å². The quantitative estimate of drug-likeness (QED) is 0.584. The fourth-order valence-electron chi connectivity index (χ4n) is 3.91. The van der Waals surface area contributed by atoms with Gasteiger partial charge in [0.2, 0.25) is 5.13 Å². The molecule has 0 unspecified atom stereocenters. The first-order valence-electron chi connectivity index (χ1n) is 10.8. The molecule has 162 valence electrons. The third-order valence-electron chi connectivity index (χ3n) is 5.73. The largest absolute Gasteiger partial charge is 0.347 e. The van der Waals surface area contributed by atoms with Crippen molar-refractivity contribution >= 4 is 28.4 Å². The van der Waals surface area contributed by atoms with Crippen LogP contribution >= 0.6 is 11.5 Å². The van der Waals surface area contributed by atoms with Gasteiger partial charge < -0.3 is 15.5 Å². The number of aromatic nitrogens is 2. The third-order valence-corrected chi connectivity index (χ3v) is 6.54. The minimum atomic E-state index is -0.135. The lowest BCUT2D eigenvalue weighted by Gasteiger charge is -2.31. The normalized spacial score (nSPS) is 14.5. The molecule has 1 aliphatic heterocycles. The zero-order valence-electron chi connectivity index (χ0n) is 18.1. The smallest absolute Gasteiger partial charge is 0.319 e. The molecule has 1 aliphatic rings. The van der Waals surface area contributed by atoms with Crippen LogP contribution in [-0.2, 0) is 6.42 Å². The van der Waals surface area contributed by atoms with E-state index in [9.17, 15) is 4.79 Å². The highest BCUT2D eigenvalue weighted by molar-refractivity contribution is 7.09. The number of nitrogens with zero attached hydrogens (tertiary/aromatic N) is 3. The van der Waals surface area contributed by atoms with Gasteiger partial charge in [0, 0.05) is 43.3 Å². The van der Waals surface area contributed by atoms with E-state index in [1.807, 2.05) is 37.3 Å². The molecule has 4 rings (SSSR count). The first-order valence-corrected chi connectivity index (χ1v) is 11.6. The minimum absolute atomic E-state index is 0.135. The Labute approximate surface area is 187 Å². The molecule has 1 fully saturated rings. The summed E-state index contributed by atoms with van der Waals surface area (Å²) < 4.78 is 4.54. The number of piperidine rings is 1. The molecule has 0 aliphatic carbocycles. The van der Waals surface area contributed by atoms with Gasteiger partial charge in [-0.15, -0.1) is 0 Å². The third kappa shape index (κ3) is 5.82. The minimum Gasteiger partial charge on any atom is -0.347 e. The molecule has 0 spiro atoms. The lowest BCUT2D eigenvalue weighted by atomic mass is 9.97. The number of hydrogen-bond donors (Lipinski definition) is 2. The summed E-state index contributed by atoms with van der Waals surface area (Å²) in [6.07, 6.45) is 2.85. The van der Waals surface area contributed by atoms with Crippen molar-refractivity contribution in [3.8, 4) is 0 Å². The van der Waals surface area contributed by atoms with E-state index in [4.69, 9.17) is 4.98 Å². The molecule has 1 saturated heterocycles. The highest BCUT2D eigenvalue weighted by Crippen LogP contribution is 2.25. The Morgan fingerprint density at radius 1 is 1.13 bits per heavy atom. The Bertz CT molecular complexity index is 1010. The number of carbonyl (C=O) groups is 1. The molecule has 3 aromatic rings. The van der Waals surface area contributed by atoms with Gasteiger partial charge in [-0.05, 0) is 49.8 Å². The fourth-order valence-corrected chi connectivity index (χ4v) is 4.65. The van der Waals surface area contributed by atoms with Gasteiger partial charge in [0.25, 0.3) is 0 Å². The summed E-state index contributed by atoms with van der Waals surface area (Å²) >= 11 is 1.48. The van der Waals surface area contributed by atoms with Crippen LogP contribution in [0.2, 0.25) is 0 Å². The van der Waals surface area contributed by atoms with Crippen LogP contribution < -0.4 is 15.5 Å². The van der Waals surface area contributed by atoms with Crippen LogP contribution in [0.15, 0.2) is 48.5 Å². The topological polar surface area (TPSA) is 70.2 Å². The lowest BCUT2D eigenvalue weighted by Crippen LogP contribution is -2.39. The molecule has 2 aromatic carbocycles. The molecule has 2 N–H and O–H groups in total. The molecule has 1 aromatic heterocycles. The zero-order chi connectivity index (χ0) is 21.6. The maximum absolute atomic E-state index is 12.3. The number of aryl methyl sites for hydroxylation is 2. The SMILES string of the molecule is Cc1ccc(NC(=O)NCC2CCN(c3nc(Cc4ccccc4)ns3)CC2)c(C)c1. The van der Waals surface area contributed by atoms with Crippen LogP contribution in [-0.4, -0.2) is 35.0 Å². The predicted octanol–water partition coefficient (Wildman–Crippen LogP) is 4.78. The van der Waals surface area contributed by atoms with E-state index in [1.165, 1.54) is 22.7 Å². The monoisotopic (exact) mass is 435 g/mol. The van der Waals surface area contributed by atoms with Crippen LogP contribution in [0.4, 0.5) is 15.6 Å². The molecule has 0 bridgehead atoms. The zero-order valence-corrected chi connectivity index (χ0v) is 18.9. The molecule has 2 heterocycles. The molecule has 0 radical (unpaired) electrons. The average molecular weight is 436 g/mol. The van der Waals surface area contributed by atoms with Crippen molar-refractivity contribution in [3.05, 3.63) is 71.0 Å². The van der Waals surface area contributed by atoms with Crippen LogP contribution in [0.1, 0.15) is 35.4 Å². The Kier molecular flexibility index (Phi) is 6.82. The van der Waals surface area contributed by atoms with E-state index in [2.05, 4.69) is 45.0 Å². The number of anilines is 2. The second-order valence-corrected chi connectivity index (χ2v) is 8.97. The summed E-state index contributed by atoms with van der Waals surface area (Å²) in [5.41, 5.74) is 4.36. The molecular formula is C24H29N5OS. The van der Waals surface area contributed by atoms with E-state index >= 15 is 0 Å². The summed E-state index contributed by atoms with van der Waals surface area (Å²) in [5.74, 6) is 1.37. The lowest BCUT2D eigenvalue weighted by molar-refractivity contribution is 0.248. The molecule has 0 saturated carbocycles. The molecule has 0 atom stereocenters. The van der Waals surface area contributed by atoms with Crippen molar-refractivity contribution in [2.75, 3.05) is 29.9 Å². The first kappa shape index (κ1) is 21.3. The summed E-state index contributed by atoms with van der Waals surface area (Å²) in [6.45, 7) is 6.65. The summed E-state index contributed by atoms with van der Waals surface area (Å²) in [6, 6.07) is 16.2. The van der Waals surface area contributed by atoms with E-state index in [0.717, 1.165) is 54.6 Å². The second-order valence-electron chi connectivity index (χ2n) is 8.24. The molecule has 2 amide bonds. The number of rotatable bonds is 6. The molecule has 6 nitrogen and oxygen atoms in total. The van der Waals surface area contributed by atoms with Gasteiger partial charge in [-0.25, -0.2) is 9.78 Å². The van der Waals surface area contributed by atoms with Crippen molar-refractivity contribution in [1.82, 2.24) is 14.7 Å². The van der Waals surface area contributed by atoms with Crippen LogP contribution in [0, 0.1) is 19.8 Å². The average Bonchev–Trinajstić information content (AvgIpc) is 3.24. The van der Waals surface area contributed by atoms with Crippen molar-refractivity contribution in [2.45, 2.75) is 33.1 Å². The van der Waals surface area contributed by atoms with E-state index < -0.39 is 0 Å². The van der Waals surface area contributed by atoms with Crippen LogP contribution in [0.5, 0.6) is 0 Å². The number of urea groups is 1. The Morgan fingerprint density at radius 2 is 1.90 bits per heavy atom. The van der Waals surface area contributed by atoms with Gasteiger partial charge >= 0.3 is 6.03 Å². The van der Waals surface area contributed by atoms with Gasteiger partial charge in [-0.1, -0.05) is 48.0 Å². The van der Waals surface area contributed by atoms with Crippen molar-refractivity contribution in [2.24, 2.45) is 5.92 Å². The summed E-state index contributed by atoms with van der Waals surface area (Å²) in [5, 5.41) is 7.00. The van der Waals surface area contributed by atoms with Crippen molar-refractivity contribution in [1.29, 1.82) is 0 Å². The van der Waals surface area contributed by atoms with Gasteiger partial charge in [-0.3, -0.25) is 0 Å². The maximum Gasteiger partial charge on any atom is 0.319 e. The van der Waals surface area contributed by atoms with E-state index in [-0.39, 0.29) is 6.03 Å². The number of amides is 2. The van der Waals surface area contributed by atoms with Crippen molar-refractivity contribution < 1.29 is 4.79 Å². The Balaban J connectivity index is 1.21. The number of hydrogen-bond acceptors (Lipinski definition) is 5. The molecule has 31 heavy (non-hydrogen) atoms. The highest BCUT2D eigenvalue weighted by atomic mass is 32.1. The standard InChI is InChI=1S/C24H29N5OS/c1-17-8-9-21(18(2)14-17)26-23(30)25-16-20-10-12-29(13-11-20)24-27-22(28-31-24)15-19-6-4-3-5-7-19/h3-9,14,20H,10-13,15-16H2,1-2H3,(H2,25,26,30). The fraction of sp³-hybridized carbons (Fsp3) is 0.375. The van der Waals surface area contributed by atoms with Crippen molar-refractivity contribution in [3.63, 3.8) is 0 Å². The Morgan fingerprint density at radius 3 is 2.65 bits per heavy atom. The summed E-state index contributed by atoms with van der Waals surface area (Å²) in [4.78, 5) is 19.3. The van der Waals surface area contributed by atoms with Crippen LogP contribution in [0.25, 0.3) is 0 Å². The van der Waals surface area contributed by atoms with Gasteiger partial charge in [0.15, 0.2) is 0 Å². The molecule has 7 heteroatoms. The van der Waals surface area contributed by atoms with Gasteiger partial charge in [0.05, 0.1) is 0 Å².